The number of aliphatic carboxylic acids is 1. The molecular formula is C14H13NO4S2. The van der Waals surface area contributed by atoms with Crippen molar-refractivity contribution in [3.63, 3.8) is 0 Å². The van der Waals surface area contributed by atoms with Crippen LogP contribution in [0.1, 0.15) is 20.9 Å². The number of thioether (sulfide) groups is 1. The predicted octanol–water partition coefficient (Wildman–Crippen LogP) is 3.13. The van der Waals surface area contributed by atoms with Gasteiger partial charge in [0.1, 0.15) is 9.88 Å². The highest BCUT2D eigenvalue weighted by Gasteiger charge is 2.14. The maximum Gasteiger partial charge on any atom is 0.347 e. The van der Waals surface area contributed by atoms with Crippen molar-refractivity contribution in [2.45, 2.75) is 12.7 Å². The number of aromatic nitrogens is 1. The van der Waals surface area contributed by atoms with Gasteiger partial charge in [0.05, 0.1) is 11.4 Å². The first-order chi connectivity index (χ1) is 9.97. The number of aryl methyl sites for hydroxylation is 1. The quantitative estimate of drug-likeness (QED) is 0.849. The SMILES string of the molecule is Cc1nc(-c2ccc(CSCC(=O)O)cc2)sc1C(=O)O. The molecule has 5 nitrogen and oxygen atoms in total. The third-order valence-corrected chi connectivity index (χ3v) is 4.87. The van der Waals surface area contributed by atoms with E-state index < -0.39 is 11.9 Å². The molecule has 0 aliphatic carbocycles. The van der Waals surface area contributed by atoms with Gasteiger partial charge in [-0.15, -0.1) is 23.1 Å². The Morgan fingerprint density at radius 1 is 1.24 bits per heavy atom. The largest absolute Gasteiger partial charge is 0.481 e. The smallest absolute Gasteiger partial charge is 0.347 e. The van der Waals surface area contributed by atoms with Crippen LogP contribution in [0.15, 0.2) is 24.3 Å². The fourth-order valence-electron chi connectivity index (χ4n) is 1.72. The molecule has 0 aliphatic rings. The molecule has 0 atom stereocenters. The Morgan fingerprint density at radius 2 is 1.90 bits per heavy atom. The van der Waals surface area contributed by atoms with E-state index in [1.807, 2.05) is 24.3 Å². The normalized spacial score (nSPS) is 10.5. The summed E-state index contributed by atoms with van der Waals surface area (Å²) in [6, 6.07) is 7.56. The minimum absolute atomic E-state index is 0.0788. The van der Waals surface area contributed by atoms with Crippen LogP contribution in [0, 0.1) is 6.92 Å². The van der Waals surface area contributed by atoms with Crippen LogP contribution in [0.5, 0.6) is 0 Å². The molecule has 21 heavy (non-hydrogen) atoms. The Kier molecular flexibility index (Phi) is 4.98. The van der Waals surface area contributed by atoms with Gasteiger partial charge in [0.15, 0.2) is 0 Å². The number of aromatic carboxylic acids is 1. The predicted molar refractivity (Wildman–Crippen MR) is 83.0 cm³/mol. The summed E-state index contributed by atoms with van der Waals surface area (Å²) in [6.45, 7) is 1.68. The topological polar surface area (TPSA) is 87.5 Å². The molecule has 0 unspecified atom stereocenters. The van der Waals surface area contributed by atoms with Gasteiger partial charge in [0.25, 0.3) is 0 Å². The van der Waals surface area contributed by atoms with E-state index in [0.717, 1.165) is 22.5 Å². The first kappa shape index (κ1) is 15.5. The summed E-state index contributed by atoms with van der Waals surface area (Å²) in [7, 11) is 0. The molecule has 1 heterocycles. The van der Waals surface area contributed by atoms with Gasteiger partial charge >= 0.3 is 11.9 Å². The second-order valence-corrected chi connectivity index (χ2v) is 6.31. The minimum Gasteiger partial charge on any atom is -0.481 e. The summed E-state index contributed by atoms with van der Waals surface area (Å²) < 4.78 is 0. The summed E-state index contributed by atoms with van der Waals surface area (Å²) in [5.41, 5.74) is 2.41. The van der Waals surface area contributed by atoms with Crippen molar-refractivity contribution < 1.29 is 19.8 Å². The summed E-state index contributed by atoms with van der Waals surface area (Å²) in [5, 5.41) is 18.3. The number of hydrogen-bond donors (Lipinski definition) is 2. The third-order valence-electron chi connectivity index (χ3n) is 2.69. The standard InChI is InChI=1S/C14H13NO4S2/c1-8-12(14(18)19)21-13(15-8)10-4-2-9(3-5-10)6-20-7-11(16)17/h2-5H,6-7H2,1H3,(H,16,17)(H,18,19). The number of carboxylic acid groups (broad SMARTS) is 2. The molecule has 7 heteroatoms. The number of nitrogens with zero attached hydrogens (tertiary/aromatic N) is 1. The Balaban J connectivity index is 2.10. The van der Waals surface area contributed by atoms with E-state index in [1.165, 1.54) is 11.8 Å². The van der Waals surface area contributed by atoms with Crippen molar-refractivity contribution >= 4 is 35.0 Å². The molecule has 0 saturated heterocycles. The van der Waals surface area contributed by atoms with Crippen LogP contribution in [-0.4, -0.2) is 32.9 Å². The van der Waals surface area contributed by atoms with E-state index in [4.69, 9.17) is 10.2 Å². The number of rotatable bonds is 6. The Morgan fingerprint density at radius 3 is 2.43 bits per heavy atom. The van der Waals surface area contributed by atoms with E-state index in [1.54, 1.807) is 6.92 Å². The van der Waals surface area contributed by atoms with Gasteiger partial charge in [-0.25, -0.2) is 9.78 Å². The summed E-state index contributed by atoms with van der Waals surface area (Å²) in [5.74, 6) is -1.08. The van der Waals surface area contributed by atoms with E-state index in [-0.39, 0.29) is 10.6 Å². The van der Waals surface area contributed by atoms with E-state index >= 15 is 0 Å². The number of hydrogen-bond acceptors (Lipinski definition) is 5. The molecule has 0 spiro atoms. The fourth-order valence-corrected chi connectivity index (χ4v) is 3.33. The monoisotopic (exact) mass is 323 g/mol. The fraction of sp³-hybridized carbons (Fsp3) is 0.214. The van der Waals surface area contributed by atoms with E-state index in [0.29, 0.717) is 16.5 Å². The van der Waals surface area contributed by atoms with Crippen molar-refractivity contribution in [3.05, 3.63) is 40.4 Å². The number of thiazole rings is 1. The Bertz CT molecular complexity index is 664. The number of benzene rings is 1. The summed E-state index contributed by atoms with van der Waals surface area (Å²) in [4.78, 5) is 26.0. The van der Waals surface area contributed by atoms with Crippen molar-refractivity contribution in [2.75, 3.05) is 5.75 Å². The van der Waals surface area contributed by atoms with Crippen LogP contribution >= 0.6 is 23.1 Å². The van der Waals surface area contributed by atoms with Crippen LogP contribution in [0.25, 0.3) is 10.6 Å². The second-order valence-electron chi connectivity index (χ2n) is 4.32. The first-order valence-electron chi connectivity index (χ1n) is 6.07. The molecule has 0 aliphatic heterocycles. The maximum atomic E-state index is 11.0. The van der Waals surface area contributed by atoms with Crippen LogP contribution in [0.3, 0.4) is 0 Å². The van der Waals surface area contributed by atoms with Gasteiger partial charge in [-0.3, -0.25) is 4.79 Å². The van der Waals surface area contributed by atoms with Crippen molar-refractivity contribution in [1.82, 2.24) is 4.98 Å². The summed E-state index contributed by atoms with van der Waals surface area (Å²) >= 11 is 2.49. The zero-order valence-corrected chi connectivity index (χ0v) is 12.8. The Hall–Kier alpha value is -1.86. The molecular weight excluding hydrogens is 310 g/mol. The number of carbonyl (C=O) groups is 2. The van der Waals surface area contributed by atoms with Gasteiger partial charge in [-0.2, -0.15) is 0 Å². The van der Waals surface area contributed by atoms with Gasteiger partial charge in [0.2, 0.25) is 0 Å². The van der Waals surface area contributed by atoms with E-state index in [2.05, 4.69) is 4.98 Å². The molecule has 0 saturated carbocycles. The van der Waals surface area contributed by atoms with Crippen LogP contribution in [0.2, 0.25) is 0 Å². The van der Waals surface area contributed by atoms with Gasteiger partial charge < -0.3 is 10.2 Å². The molecule has 0 radical (unpaired) electrons. The van der Waals surface area contributed by atoms with Crippen molar-refractivity contribution in [2.24, 2.45) is 0 Å². The lowest BCUT2D eigenvalue weighted by Gasteiger charge is -2.01. The zero-order valence-electron chi connectivity index (χ0n) is 11.2. The van der Waals surface area contributed by atoms with Gasteiger partial charge in [-0.1, -0.05) is 24.3 Å². The molecule has 2 rings (SSSR count). The van der Waals surface area contributed by atoms with Crippen LogP contribution in [-0.2, 0) is 10.5 Å². The lowest BCUT2D eigenvalue weighted by molar-refractivity contribution is -0.133. The highest BCUT2D eigenvalue weighted by atomic mass is 32.2. The molecule has 1 aromatic carbocycles. The molecule has 0 bridgehead atoms. The average molecular weight is 323 g/mol. The highest BCUT2D eigenvalue weighted by molar-refractivity contribution is 7.99. The Labute approximate surface area is 129 Å². The van der Waals surface area contributed by atoms with Crippen LogP contribution < -0.4 is 0 Å². The lowest BCUT2D eigenvalue weighted by Crippen LogP contribution is -1.98. The lowest BCUT2D eigenvalue weighted by atomic mass is 10.2. The molecule has 110 valence electrons. The van der Waals surface area contributed by atoms with Gasteiger partial charge in [-0.05, 0) is 12.5 Å². The van der Waals surface area contributed by atoms with Crippen molar-refractivity contribution in [3.8, 4) is 10.6 Å². The molecule has 2 aromatic rings. The highest BCUT2D eigenvalue weighted by Crippen LogP contribution is 2.28. The zero-order chi connectivity index (χ0) is 15.4. The minimum atomic E-state index is -0.960. The molecule has 2 N–H and O–H groups in total. The van der Waals surface area contributed by atoms with E-state index in [9.17, 15) is 9.59 Å². The molecule has 0 fully saturated rings. The molecule has 1 aromatic heterocycles. The van der Waals surface area contributed by atoms with Gasteiger partial charge in [0, 0.05) is 11.3 Å². The van der Waals surface area contributed by atoms with Crippen LogP contribution in [0.4, 0.5) is 0 Å². The maximum absolute atomic E-state index is 11.0. The third kappa shape index (κ3) is 4.05. The molecule has 0 amide bonds. The average Bonchev–Trinajstić information content (AvgIpc) is 2.81. The first-order valence-corrected chi connectivity index (χ1v) is 8.04. The second kappa shape index (κ2) is 6.73. The number of carboxylic acids is 2. The van der Waals surface area contributed by atoms with Crippen molar-refractivity contribution in [1.29, 1.82) is 0 Å². The summed E-state index contributed by atoms with van der Waals surface area (Å²) in [6.07, 6.45) is 0.